The van der Waals surface area contributed by atoms with Crippen molar-refractivity contribution in [2.45, 2.75) is 39.2 Å². The largest absolute Gasteiger partial charge is 0.442 e. The smallest absolute Gasteiger partial charge is 0.414 e. The number of unbranched alkanes of at least 4 members (excludes halogenated alkanes) is 1. The average Bonchev–Trinajstić information content (AvgIpc) is 3.36. The Bertz CT molecular complexity index is 1360. The number of benzene rings is 2. The van der Waals surface area contributed by atoms with Crippen LogP contribution in [-0.2, 0) is 14.3 Å². The molecule has 2 aliphatic rings. The molecule has 216 valence electrons. The predicted molar refractivity (Wildman–Crippen MR) is 153 cm³/mol. The van der Waals surface area contributed by atoms with E-state index < -0.39 is 18.0 Å². The minimum Gasteiger partial charge on any atom is -0.442 e. The Morgan fingerprint density at radius 3 is 2.51 bits per heavy atom. The second-order valence-corrected chi connectivity index (χ2v) is 9.98. The van der Waals surface area contributed by atoms with E-state index in [9.17, 15) is 14.4 Å². The Kier molecular flexibility index (Phi) is 9.79. The third-order valence-electron chi connectivity index (χ3n) is 7.05. The summed E-state index contributed by atoms with van der Waals surface area (Å²) in [5, 5.41) is 14.6. The maximum Gasteiger partial charge on any atom is 0.414 e. The van der Waals surface area contributed by atoms with Gasteiger partial charge in [0, 0.05) is 51.5 Å². The Morgan fingerprint density at radius 2 is 1.85 bits per heavy atom. The first kappa shape index (κ1) is 29.4. The van der Waals surface area contributed by atoms with E-state index >= 15 is 4.39 Å². The van der Waals surface area contributed by atoms with Crippen molar-refractivity contribution in [1.29, 1.82) is 0 Å². The molecule has 0 saturated carbocycles. The van der Waals surface area contributed by atoms with Gasteiger partial charge in [0.2, 0.25) is 11.8 Å². The quantitative estimate of drug-likeness (QED) is 0.167. The first-order chi connectivity index (χ1) is 19.7. The molecule has 2 aliphatic heterocycles. The van der Waals surface area contributed by atoms with Crippen LogP contribution in [0.25, 0.3) is 0 Å². The van der Waals surface area contributed by atoms with Crippen molar-refractivity contribution in [1.82, 2.24) is 10.2 Å². The molecular formula is C30H34FN5O5. The average molecular weight is 564 g/mol. The number of ether oxygens (including phenoxy) is 1. The summed E-state index contributed by atoms with van der Waals surface area (Å²) in [5.41, 5.74) is 3.03. The minimum absolute atomic E-state index is 0.0618. The molecule has 0 bridgehead atoms. The third-order valence-corrected chi connectivity index (χ3v) is 7.05. The molecule has 2 aromatic carbocycles. The molecule has 0 spiro atoms. The molecule has 1 atom stereocenters. The second kappa shape index (κ2) is 13.7. The second-order valence-electron chi connectivity index (χ2n) is 9.98. The lowest BCUT2D eigenvalue weighted by Crippen LogP contribution is -2.49. The molecule has 0 radical (unpaired) electrons. The molecule has 0 aromatic heterocycles. The van der Waals surface area contributed by atoms with Gasteiger partial charge in [-0.2, -0.15) is 0 Å². The van der Waals surface area contributed by atoms with Crippen LogP contribution in [0.2, 0.25) is 0 Å². The molecule has 2 N–H and O–H groups in total. The van der Waals surface area contributed by atoms with Gasteiger partial charge < -0.3 is 25.1 Å². The number of hydrogen-bond donors (Lipinski definition) is 2. The van der Waals surface area contributed by atoms with Crippen LogP contribution >= 0.6 is 0 Å². The van der Waals surface area contributed by atoms with Gasteiger partial charge in [-0.1, -0.05) is 29.1 Å². The fraction of sp³-hybridized carbons (Fsp3) is 0.400. The van der Waals surface area contributed by atoms with Crippen LogP contribution in [0, 0.1) is 17.7 Å². The maximum absolute atomic E-state index is 15.1. The molecule has 2 fully saturated rings. The minimum atomic E-state index is -0.580. The summed E-state index contributed by atoms with van der Waals surface area (Å²) in [4.78, 5) is 41.1. The van der Waals surface area contributed by atoms with Gasteiger partial charge in [-0.3, -0.25) is 14.5 Å². The number of oxime groups is 1. The van der Waals surface area contributed by atoms with Crippen LogP contribution in [-0.4, -0.2) is 79.1 Å². The predicted octanol–water partition coefficient (Wildman–Crippen LogP) is 3.36. The van der Waals surface area contributed by atoms with Crippen molar-refractivity contribution < 1.29 is 28.7 Å². The van der Waals surface area contributed by atoms with Gasteiger partial charge in [-0.05, 0) is 49.2 Å². The van der Waals surface area contributed by atoms with Crippen molar-refractivity contribution in [3.63, 3.8) is 0 Å². The lowest BCUT2D eigenvalue weighted by Gasteiger charge is -2.36. The van der Waals surface area contributed by atoms with Gasteiger partial charge in [0.25, 0.3) is 0 Å². The summed E-state index contributed by atoms with van der Waals surface area (Å²) in [5.74, 6) is 5.57. The topological polar surface area (TPSA) is 115 Å². The normalized spacial score (nSPS) is 17.1. The molecule has 2 heterocycles. The third kappa shape index (κ3) is 7.75. The number of piperazine rings is 1. The molecule has 4 rings (SSSR count). The van der Waals surface area contributed by atoms with E-state index in [0.29, 0.717) is 62.5 Å². The fourth-order valence-electron chi connectivity index (χ4n) is 4.72. The summed E-state index contributed by atoms with van der Waals surface area (Å²) in [6.45, 7) is 5.53. The van der Waals surface area contributed by atoms with Gasteiger partial charge in [-0.15, -0.1) is 0 Å². The highest BCUT2D eigenvalue weighted by Crippen LogP contribution is 2.28. The molecule has 3 amide bonds. The van der Waals surface area contributed by atoms with E-state index in [1.54, 1.807) is 24.0 Å². The summed E-state index contributed by atoms with van der Waals surface area (Å²) in [6, 6.07) is 12.1. The molecule has 2 saturated heterocycles. The van der Waals surface area contributed by atoms with Crippen molar-refractivity contribution in [2.24, 2.45) is 5.16 Å². The zero-order valence-electron chi connectivity index (χ0n) is 23.2. The van der Waals surface area contributed by atoms with E-state index in [-0.39, 0.29) is 24.9 Å². The van der Waals surface area contributed by atoms with Gasteiger partial charge in [0.1, 0.15) is 11.9 Å². The summed E-state index contributed by atoms with van der Waals surface area (Å²) in [7, 11) is 0. The van der Waals surface area contributed by atoms with Crippen LogP contribution in [0.3, 0.4) is 0 Å². The molecule has 2 aromatic rings. The Hall–Kier alpha value is -4.59. The number of nitrogens with one attached hydrogen (secondary N) is 1. The number of carbonyl (C=O) groups excluding carboxylic acids is 3. The number of amides is 3. The van der Waals surface area contributed by atoms with E-state index in [4.69, 9.17) is 9.94 Å². The standard InChI is InChI=1S/C30H34FN5O5/c1-21(33-40)24-10-8-23(9-11-24)6-4-3-5-7-29(38)35-16-14-34(15-17-35)28-13-12-25(18-27(28)31)36-20-26(41-30(36)39)19-32-22(2)37/h8-13,18,26,40H,3,5,7,14-17,19-20H2,1-2H3,(H,32,37)/b33-21+/t26-/m0/s1. The van der Waals surface area contributed by atoms with Gasteiger partial charge in [0.05, 0.1) is 30.2 Å². The number of hydrogen-bond acceptors (Lipinski definition) is 7. The van der Waals surface area contributed by atoms with Crippen molar-refractivity contribution in [3.8, 4) is 11.8 Å². The molecule has 0 unspecified atom stereocenters. The first-order valence-corrected chi connectivity index (χ1v) is 13.6. The van der Waals surface area contributed by atoms with Crippen LogP contribution in [0.1, 0.15) is 44.2 Å². The SMILES string of the molecule is CC(=O)NC[C@H]1CN(c2ccc(N3CCN(C(=O)CCCC#Cc4ccc(/C(C)=N/O)cc4)CC3)c(F)c2)C(=O)O1. The van der Waals surface area contributed by atoms with Crippen LogP contribution in [0.5, 0.6) is 0 Å². The van der Waals surface area contributed by atoms with Gasteiger partial charge >= 0.3 is 6.09 Å². The number of nitrogens with zero attached hydrogens (tertiary/aromatic N) is 4. The van der Waals surface area contributed by atoms with Crippen LogP contribution < -0.4 is 15.1 Å². The highest BCUT2D eigenvalue weighted by molar-refractivity contribution is 5.98. The maximum atomic E-state index is 15.1. The molecule has 0 aliphatic carbocycles. The lowest BCUT2D eigenvalue weighted by atomic mass is 10.1. The van der Waals surface area contributed by atoms with Crippen LogP contribution in [0.15, 0.2) is 47.6 Å². The van der Waals surface area contributed by atoms with E-state index in [1.165, 1.54) is 17.9 Å². The Labute approximate surface area is 238 Å². The lowest BCUT2D eigenvalue weighted by molar-refractivity contribution is -0.131. The number of rotatable bonds is 8. The Balaban J connectivity index is 1.21. The zero-order valence-corrected chi connectivity index (χ0v) is 23.2. The van der Waals surface area contributed by atoms with E-state index in [1.807, 2.05) is 29.2 Å². The number of halogens is 1. The van der Waals surface area contributed by atoms with Gasteiger partial charge in [-0.25, -0.2) is 9.18 Å². The fourth-order valence-corrected chi connectivity index (χ4v) is 4.72. The number of anilines is 2. The molecule has 11 heteroatoms. The molecular weight excluding hydrogens is 529 g/mol. The number of cyclic esters (lactones) is 1. The summed E-state index contributed by atoms with van der Waals surface area (Å²) >= 11 is 0. The molecule has 10 nitrogen and oxygen atoms in total. The highest BCUT2D eigenvalue weighted by atomic mass is 19.1. The monoisotopic (exact) mass is 563 g/mol. The van der Waals surface area contributed by atoms with Crippen molar-refractivity contribution in [2.75, 3.05) is 49.1 Å². The van der Waals surface area contributed by atoms with Crippen molar-refractivity contribution >= 4 is 35.0 Å². The van der Waals surface area contributed by atoms with Crippen molar-refractivity contribution in [3.05, 3.63) is 59.4 Å². The zero-order chi connectivity index (χ0) is 29.4. The van der Waals surface area contributed by atoms with Crippen LogP contribution in [0.4, 0.5) is 20.6 Å². The van der Waals surface area contributed by atoms with E-state index in [2.05, 4.69) is 22.3 Å². The molecule has 41 heavy (non-hydrogen) atoms. The highest BCUT2D eigenvalue weighted by Gasteiger charge is 2.33. The summed E-state index contributed by atoms with van der Waals surface area (Å²) < 4.78 is 20.3. The Morgan fingerprint density at radius 1 is 1.12 bits per heavy atom. The summed E-state index contributed by atoms with van der Waals surface area (Å²) in [6.07, 6.45) is 0.575. The number of carbonyl (C=O) groups is 3. The van der Waals surface area contributed by atoms with Gasteiger partial charge in [0.15, 0.2) is 0 Å². The van der Waals surface area contributed by atoms with E-state index in [0.717, 1.165) is 11.1 Å². The first-order valence-electron chi connectivity index (χ1n) is 13.6.